The first-order chi connectivity index (χ1) is 6.68. The summed E-state index contributed by atoms with van der Waals surface area (Å²) in [7, 11) is 0. The Hall–Kier alpha value is -0.640. The molecule has 14 heavy (non-hydrogen) atoms. The van der Waals surface area contributed by atoms with Crippen molar-refractivity contribution in [1.29, 1.82) is 0 Å². The summed E-state index contributed by atoms with van der Waals surface area (Å²) in [5, 5.41) is 1.28. The van der Waals surface area contributed by atoms with Gasteiger partial charge in [-0.1, -0.05) is 32.0 Å². The van der Waals surface area contributed by atoms with Crippen LogP contribution in [0.2, 0.25) is 0 Å². The minimum absolute atomic E-state index is 0.552. The SMILES string of the molecule is CC(C)c1cc(I)nc2ccccc12. The van der Waals surface area contributed by atoms with Gasteiger partial charge in [-0.15, -0.1) is 0 Å². The molecular formula is C12H12IN. The normalized spacial score (nSPS) is 11.1. The van der Waals surface area contributed by atoms with Crippen LogP contribution in [0.25, 0.3) is 10.9 Å². The van der Waals surface area contributed by atoms with Crippen LogP contribution in [0.4, 0.5) is 0 Å². The monoisotopic (exact) mass is 297 g/mol. The second-order valence-corrected chi connectivity index (χ2v) is 4.81. The molecule has 72 valence electrons. The van der Waals surface area contributed by atoms with Crippen LogP contribution in [0, 0.1) is 3.70 Å². The fourth-order valence-corrected chi connectivity index (χ4v) is 2.24. The van der Waals surface area contributed by atoms with Gasteiger partial charge in [0, 0.05) is 5.39 Å². The van der Waals surface area contributed by atoms with Crippen LogP contribution in [-0.4, -0.2) is 4.98 Å². The number of pyridine rings is 1. The molecule has 1 heterocycles. The van der Waals surface area contributed by atoms with Gasteiger partial charge in [0.25, 0.3) is 0 Å². The number of rotatable bonds is 1. The summed E-state index contributed by atoms with van der Waals surface area (Å²) in [6, 6.07) is 10.5. The number of halogens is 1. The van der Waals surface area contributed by atoms with Crippen molar-refractivity contribution in [1.82, 2.24) is 4.98 Å². The number of hydrogen-bond donors (Lipinski definition) is 0. The molecule has 0 aliphatic rings. The average molecular weight is 297 g/mol. The van der Waals surface area contributed by atoms with Gasteiger partial charge in [-0.3, -0.25) is 0 Å². The number of nitrogens with zero attached hydrogens (tertiary/aromatic N) is 1. The van der Waals surface area contributed by atoms with E-state index in [0.29, 0.717) is 5.92 Å². The highest BCUT2D eigenvalue weighted by molar-refractivity contribution is 14.1. The van der Waals surface area contributed by atoms with Crippen LogP contribution >= 0.6 is 22.6 Å². The van der Waals surface area contributed by atoms with E-state index in [-0.39, 0.29) is 0 Å². The Balaban J connectivity index is 2.80. The number of hydrogen-bond acceptors (Lipinski definition) is 1. The van der Waals surface area contributed by atoms with Gasteiger partial charge in [0.05, 0.1) is 5.52 Å². The second kappa shape index (κ2) is 3.85. The van der Waals surface area contributed by atoms with E-state index in [1.807, 2.05) is 6.07 Å². The van der Waals surface area contributed by atoms with Crippen molar-refractivity contribution in [3.8, 4) is 0 Å². The van der Waals surface area contributed by atoms with Crippen molar-refractivity contribution in [3.05, 3.63) is 39.6 Å². The highest BCUT2D eigenvalue weighted by atomic mass is 127. The van der Waals surface area contributed by atoms with Gasteiger partial charge in [-0.25, -0.2) is 4.98 Å². The third kappa shape index (κ3) is 1.75. The van der Waals surface area contributed by atoms with Crippen LogP contribution < -0.4 is 0 Å². The van der Waals surface area contributed by atoms with Crippen LogP contribution in [0.5, 0.6) is 0 Å². The van der Waals surface area contributed by atoms with E-state index in [0.717, 1.165) is 9.22 Å². The Kier molecular flexibility index (Phi) is 2.72. The quantitative estimate of drug-likeness (QED) is 0.573. The molecule has 2 heteroatoms. The molecule has 0 spiro atoms. The summed E-state index contributed by atoms with van der Waals surface area (Å²) in [6.07, 6.45) is 0. The third-order valence-electron chi connectivity index (χ3n) is 2.34. The lowest BCUT2D eigenvalue weighted by Crippen LogP contribution is -1.93. The maximum atomic E-state index is 4.51. The van der Waals surface area contributed by atoms with E-state index in [2.05, 4.69) is 65.7 Å². The molecule has 1 nitrogen and oxygen atoms in total. The smallest absolute Gasteiger partial charge is 0.102 e. The van der Waals surface area contributed by atoms with Gasteiger partial charge in [-0.2, -0.15) is 0 Å². The first kappa shape index (κ1) is 9.90. The lowest BCUT2D eigenvalue weighted by atomic mass is 9.99. The molecule has 0 saturated carbocycles. The molecule has 1 aromatic carbocycles. The number of aromatic nitrogens is 1. The largest absolute Gasteiger partial charge is 0.242 e. The highest BCUT2D eigenvalue weighted by Crippen LogP contribution is 2.25. The van der Waals surface area contributed by atoms with Crippen molar-refractivity contribution in [3.63, 3.8) is 0 Å². The standard InChI is InChI=1S/C12H12IN/c1-8(2)10-7-12(13)14-11-6-4-3-5-9(10)11/h3-8H,1-2H3. The van der Waals surface area contributed by atoms with E-state index in [9.17, 15) is 0 Å². The molecule has 0 atom stereocenters. The average Bonchev–Trinajstić information content (AvgIpc) is 2.16. The van der Waals surface area contributed by atoms with Crippen LogP contribution in [0.1, 0.15) is 25.3 Å². The molecule has 2 rings (SSSR count). The minimum atomic E-state index is 0.552. The van der Waals surface area contributed by atoms with Crippen molar-refractivity contribution in [2.45, 2.75) is 19.8 Å². The summed E-state index contributed by atoms with van der Waals surface area (Å²) in [5.74, 6) is 0.552. The number of fused-ring (bicyclic) bond motifs is 1. The Morgan fingerprint density at radius 2 is 1.93 bits per heavy atom. The highest BCUT2D eigenvalue weighted by Gasteiger charge is 2.06. The molecule has 0 aliphatic heterocycles. The fourth-order valence-electron chi connectivity index (χ4n) is 1.65. The van der Waals surface area contributed by atoms with Gasteiger partial charge >= 0.3 is 0 Å². The molecule has 0 radical (unpaired) electrons. The van der Waals surface area contributed by atoms with Gasteiger partial charge < -0.3 is 0 Å². The Labute approximate surface area is 97.7 Å². The van der Waals surface area contributed by atoms with Gasteiger partial charge in [0.2, 0.25) is 0 Å². The lowest BCUT2D eigenvalue weighted by Gasteiger charge is -2.09. The molecule has 0 N–H and O–H groups in total. The van der Waals surface area contributed by atoms with Crippen molar-refractivity contribution < 1.29 is 0 Å². The molecule has 0 aliphatic carbocycles. The molecule has 0 fully saturated rings. The summed E-state index contributed by atoms with van der Waals surface area (Å²) < 4.78 is 1.07. The summed E-state index contributed by atoms with van der Waals surface area (Å²) >= 11 is 2.28. The summed E-state index contributed by atoms with van der Waals surface area (Å²) in [4.78, 5) is 4.51. The van der Waals surface area contributed by atoms with Gasteiger partial charge in [-0.05, 0) is 46.2 Å². The summed E-state index contributed by atoms with van der Waals surface area (Å²) in [5.41, 5.74) is 2.49. The zero-order valence-electron chi connectivity index (χ0n) is 8.29. The molecule has 0 unspecified atom stereocenters. The van der Waals surface area contributed by atoms with E-state index in [1.54, 1.807) is 0 Å². The zero-order chi connectivity index (χ0) is 10.1. The molecule has 1 aromatic heterocycles. The second-order valence-electron chi connectivity index (χ2n) is 3.71. The fraction of sp³-hybridized carbons (Fsp3) is 0.250. The van der Waals surface area contributed by atoms with E-state index in [1.165, 1.54) is 10.9 Å². The zero-order valence-corrected chi connectivity index (χ0v) is 10.4. The molecular weight excluding hydrogens is 285 g/mol. The maximum absolute atomic E-state index is 4.51. The van der Waals surface area contributed by atoms with Crippen LogP contribution in [-0.2, 0) is 0 Å². The van der Waals surface area contributed by atoms with E-state index >= 15 is 0 Å². The summed E-state index contributed by atoms with van der Waals surface area (Å²) in [6.45, 7) is 4.44. The van der Waals surface area contributed by atoms with Gasteiger partial charge in [0.15, 0.2) is 0 Å². The number of benzene rings is 1. The van der Waals surface area contributed by atoms with Crippen molar-refractivity contribution in [2.24, 2.45) is 0 Å². The van der Waals surface area contributed by atoms with Crippen molar-refractivity contribution in [2.75, 3.05) is 0 Å². The van der Waals surface area contributed by atoms with Crippen LogP contribution in [0.3, 0.4) is 0 Å². The van der Waals surface area contributed by atoms with Crippen molar-refractivity contribution >= 4 is 33.5 Å². The molecule has 0 bridgehead atoms. The first-order valence-corrected chi connectivity index (χ1v) is 5.81. The minimum Gasteiger partial charge on any atom is -0.242 e. The van der Waals surface area contributed by atoms with E-state index < -0.39 is 0 Å². The predicted molar refractivity (Wildman–Crippen MR) is 68.5 cm³/mol. The molecule has 0 amide bonds. The number of para-hydroxylation sites is 1. The Morgan fingerprint density at radius 3 is 2.64 bits per heavy atom. The molecule has 2 aromatic rings. The topological polar surface area (TPSA) is 12.9 Å². The van der Waals surface area contributed by atoms with E-state index in [4.69, 9.17) is 0 Å². The predicted octanol–water partition coefficient (Wildman–Crippen LogP) is 3.96. The lowest BCUT2D eigenvalue weighted by molar-refractivity contribution is 0.872. The van der Waals surface area contributed by atoms with Crippen LogP contribution in [0.15, 0.2) is 30.3 Å². The molecule has 0 saturated heterocycles. The third-order valence-corrected chi connectivity index (χ3v) is 2.89. The Morgan fingerprint density at radius 1 is 1.21 bits per heavy atom. The maximum Gasteiger partial charge on any atom is 0.102 e. The van der Waals surface area contributed by atoms with Gasteiger partial charge in [0.1, 0.15) is 3.70 Å². The first-order valence-electron chi connectivity index (χ1n) is 4.73. The Bertz CT molecular complexity index is 463.